The molecule has 1 aliphatic heterocycles. The third-order valence-electron chi connectivity index (χ3n) is 2.24. The van der Waals surface area contributed by atoms with Crippen LogP contribution in [0, 0.1) is 0 Å². The van der Waals surface area contributed by atoms with Gasteiger partial charge in [-0.15, -0.1) is 0 Å². The highest BCUT2D eigenvalue weighted by Crippen LogP contribution is 2.42. The molecule has 7 heteroatoms. The van der Waals surface area contributed by atoms with Crippen LogP contribution < -0.4 is 9.47 Å². The summed E-state index contributed by atoms with van der Waals surface area (Å²) in [6.07, 6.45) is -7.24. The number of fused-ring (bicyclic) bond motifs is 1. The van der Waals surface area contributed by atoms with Crippen LogP contribution in [-0.2, 0) is 0 Å². The molecule has 1 aliphatic rings. The maximum Gasteiger partial charge on any atom is 0.418 e. The van der Waals surface area contributed by atoms with Gasteiger partial charge in [-0.3, -0.25) is 0 Å². The average Bonchev–Trinajstić information content (AvgIpc) is 2.27. The molecule has 0 spiro atoms. The number of rotatable bonds is 1. The van der Waals surface area contributed by atoms with Gasteiger partial charge in [-0.05, 0) is 33.6 Å². The van der Waals surface area contributed by atoms with Crippen molar-refractivity contribution < 1.29 is 27.8 Å². The van der Waals surface area contributed by atoms with Crippen molar-refractivity contribution in [3.63, 3.8) is 0 Å². The van der Waals surface area contributed by atoms with Gasteiger partial charge in [0.1, 0.15) is 13.2 Å². The molecule has 1 heterocycles. The van der Waals surface area contributed by atoms with Gasteiger partial charge >= 0.3 is 6.18 Å². The molecular formula is C10H8BrF3O3. The van der Waals surface area contributed by atoms with E-state index in [0.29, 0.717) is 16.8 Å². The van der Waals surface area contributed by atoms with Gasteiger partial charge in [-0.2, -0.15) is 13.2 Å². The molecule has 0 fully saturated rings. The lowest BCUT2D eigenvalue weighted by molar-refractivity contribution is -0.206. The number of alkyl halides is 3. The monoisotopic (exact) mass is 312 g/mol. The fourth-order valence-electron chi connectivity index (χ4n) is 1.48. The van der Waals surface area contributed by atoms with Crippen LogP contribution in [0.3, 0.4) is 0 Å². The number of aliphatic hydroxyl groups excluding tert-OH is 1. The third-order valence-corrected chi connectivity index (χ3v) is 2.83. The molecule has 0 radical (unpaired) electrons. The van der Waals surface area contributed by atoms with Gasteiger partial charge in [0.25, 0.3) is 0 Å². The smallest absolute Gasteiger partial charge is 0.418 e. The van der Waals surface area contributed by atoms with E-state index in [4.69, 9.17) is 14.6 Å². The molecule has 3 nitrogen and oxygen atoms in total. The Morgan fingerprint density at radius 3 is 2.53 bits per heavy atom. The van der Waals surface area contributed by atoms with E-state index in [-0.39, 0.29) is 17.9 Å². The Kier molecular flexibility index (Phi) is 3.22. The molecule has 0 amide bonds. The summed E-state index contributed by atoms with van der Waals surface area (Å²) in [6.45, 7) is 0.609. The van der Waals surface area contributed by atoms with Crippen molar-refractivity contribution in [1.29, 1.82) is 0 Å². The first-order valence-electron chi connectivity index (χ1n) is 4.73. The number of hydrogen-bond donors (Lipinski definition) is 1. The van der Waals surface area contributed by atoms with Crippen molar-refractivity contribution in [3.8, 4) is 11.5 Å². The van der Waals surface area contributed by atoms with Crippen molar-refractivity contribution >= 4 is 15.9 Å². The second kappa shape index (κ2) is 4.38. The van der Waals surface area contributed by atoms with Crippen LogP contribution in [0.2, 0.25) is 0 Å². The SMILES string of the molecule is OC(c1cc(Br)c2c(c1)OCCO2)C(F)(F)F. The lowest BCUT2D eigenvalue weighted by atomic mass is 10.1. The first-order chi connectivity index (χ1) is 7.89. The minimum Gasteiger partial charge on any atom is -0.486 e. The van der Waals surface area contributed by atoms with E-state index in [1.807, 2.05) is 0 Å². The number of ether oxygens (including phenoxy) is 2. The topological polar surface area (TPSA) is 38.7 Å². The first-order valence-corrected chi connectivity index (χ1v) is 5.52. The second-order valence-electron chi connectivity index (χ2n) is 3.47. The van der Waals surface area contributed by atoms with E-state index in [9.17, 15) is 13.2 Å². The molecule has 0 aliphatic carbocycles. The molecule has 1 atom stereocenters. The summed E-state index contributed by atoms with van der Waals surface area (Å²) in [6, 6.07) is 2.31. The predicted octanol–water partition coefficient (Wildman–Crippen LogP) is 2.82. The van der Waals surface area contributed by atoms with Crippen LogP contribution >= 0.6 is 15.9 Å². The fourth-order valence-corrected chi connectivity index (χ4v) is 2.05. The molecule has 1 aromatic carbocycles. The van der Waals surface area contributed by atoms with Crippen LogP contribution in [0.4, 0.5) is 13.2 Å². The zero-order valence-corrected chi connectivity index (χ0v) is 10.0. The van der Waals surface area contributed by atoms with Gasteiger partial charge < -0.3 is 14.6 Å². The maximum atomic E-state index is 12.4. The Morgan fingerprint density at radius 2 is 1.88 bits per heavy atom. The maximum absolute atomic E-state index is 12.4. The van der Waals surface area contributed by atoms with Crippen LogP contribution in [0.5, 0.6) is 11.5 Å². The summed E-state index contributed by atoms with van der Waals surface area (Å²) in [7, 11) is 0. The Labute approximate surface area is 103 Å². The quantitative estimate of drug-likeness (QED) is 0.866. The summed E-state index contributed by atoms with van der Waals surface area (Å²) in [5, 5.41) is 9.14. The summed E-state index contributed by atoms with van der Waals surface area (Å²) >= 11 is 3.08. The van der Waals surface area contributed by atoms with Gasteiger partial charge in [0.05, 0.1) is 4.47 Å². The van der Waals surface area contributed by atoms with Crippen molar-refractivity contribution in [1.82, 2.24) is 0 Å². The van der Waals surface area contributed by atoms with E-state index < -0.39 is 12.3 Å². The molecular weight excluding hydrogens is 305 g/mol. The van der Waals surface area contributed by atoms with Gasteiger partial charge in [-0.1, -0.05) is 0 Å². The minimum atomic E-state index is -4.71. The molecule has 1 N–H and O–H groups in total. The van der Waals surface area contributed by atoms with Gasteiger partial charge in [0.15, 0.2) is 17.6 Å². The van der Waals surface area contributed by atoms with Gasteiger partial charge in [0.2, 0.25) is 0 Å². The number of hydrogen-bond acceptors (Lipinski definition) is 3. The molecule has 1 aromatic rings. The van der Waals surface area contributed by atoms with Crippen LogP contribution in [-0.4, -0.2) is 24.5 Å². The van der Waals surface area contributed by atoms with Crippen molar-refractivity contribution in [2.24, 2.45) is 0 Å². The molecule has 0 saturated heterocycles. The summed E-state index contributed by atoms with van der Waals surface area (Å²) in [5.74, 6) is 0.554. The second-order valence-corrected chi connectivity index (χ2v) is 4.33. The normalized spacial score (nSPS) is 16.8. The van der Waals surface area contributed by atoms with Gasteiger partial charge in [0, 0.05) is 0 Å². The average molecular weight is 313 g/mol. The van der Waals surface area contributed by atoms with E-state index in [2.05, 4.69) is 15.9 Å². The highest BCUT2D eigenvalue weighted by Gasteiger charge is 2.40. The van der Waals surface area contributed by atoms with Crippen molar-refractivity contribution in [2.75, 3.05) is 13.2 Å². The Hall–Kier alpha value is -0.950. The van der Waals surface area contributed by atoms with Crippen LogP contribution in [0.1, 0.15) is 11.7 Å². The Balaban J connectivity index is 2.41. The Bertz CT molecular complexity index is 434. The molecule has 0 saturated carbocycles. The largest absolute Gasteiger partial charge is 0.486 e. The van der Waals surface area contributed by atoms with E-state index in [1.54, 1.807) is 0 Å². The molecule has 17 heavy (non-hydrogen) atoms. The fraction of sp³-hybridized carbons (Fsp3) is 0.400. The molecule has 2 rings (SSSR count). The number of benzene rings is 1. The summed E-state index contributed by atoms with van der Waals surface area (Å²) in [5.41, 5.74) is -0.284. The predicted molar refractivity (Wildman–Crippen MR) is 56.1 cm³/mol. The molecule has 0 aromatic heterocycles. The first kappa shape index (κ1) is 12.5. The Morgan fingerprint density at radius 1 is 1.24 bits per heavy atom. The summed E-state index contributed by atoms with van der Waals surface area (Å²) in [4.78, 5) is 0. The van der Waals surface area contributed by atoms with E-state index in [1.165, 1.54) is 6.07 Å². The standard InChI is InChI=1S/C10H8BrF3O3/c11-6-3-5(9(15)10(12,13)14)4-7-8(6)17-2-1-16-7/h3-4,9,15H,1-2H2. The zero-order valence-electron chi connectivity index (χ0n) is 8.42. The van der Waals surface area contributed by atoms with Crippen molar-refractivity contribution in [3.05, 3.63) is 22.2 Å². The highest BCUT2D eigenvalue weighted by atomic mass is 79.9. The third kappa shape index (κ3) is 2.50. The van der Waals surface area contributed by atoms with E-state index >= 15 is 0 Å². The summed E-state index contributed by atoms with van der Waals surface area (Å²) < 4.78 is 47.8. The number of aliphatic hydroxyl groups is 1. The van der Waals surface area contributed by atoms with E-state index in [0.717, 1.165) is 6.07 Å². The van der Waals surface area contributed by atoms with Crippen LogP contribution in [0.15, 0.2) is 16.6 Å². The lowest BCUT2D eigenvalue weighted by Crippen LogP contribution is -2.21. The highest BCUT2D eigenvalue weighted by molar-refractivity contribution is 9.10. The van der Waals surface area contributed by atoms with Crippen LogP contribution in [0.25, 0.3) is 0 Å². The minimum absolute atomic E-state index is 0.198. The number of halogens is 4. The van der Waals surface area contributed by atoms with Crippen molar-refractivity contribution in [2.45, 2.75) is 12.3 Å². The molecule has 1 unspecified atom stereocenters. The molecule has 0 bridgehead atoms. The molecule has 94 valence electrons. The zero-order chi connectivity index (χ0) is 12.6. The van der Waals surface area contributed by atoms with Gasteiger partial charge in [-0.25, -0.2) is 0 Å². The lowest BCUT2D eigenvalue weighted by Gasteiger charge is -2.22.